The number of halogens is 6. The second-order valence-electron chi connectivity index (χ2n) is 8.52. The van der Waals surface area contributed by atoms with E-state index < -0.39 is 29.0 Å². The highest BCUT2D eigenvalue weighted by molar-refractivity contribution is 6.39. The van der Waals surface area contributed by atoms with Gasteiger partial charge in [-0.25, -0.2) is 19.7 Å². The lowest BCUT2D eigenvalue weighted by Gasteiger charge is -2.09. The molecule has 0 aliphatic carbocycles. The van der Waals surface area contributed by atoms with E-state index >= 15 is 0 Å². The highest BCUT2D eigenvalue weighted by Crippen LogP contribution is 2.24. The highest BCUT2D eigenvalue weighted by atomic mass is 35.5. The molecule has 0 aliphatic heterocycles. The standard InChI is InChI=1S/C14H11Cl3N2O2.C14H11ClF2N2O2/c1-8-5-11(17)12(18-6-8)7-21-19-14(20)13-9(15)3-2-4-10(13)16;1-8-5-9(15)12(18-6-8)7-21-19-14(20)13-10(16)3-2-4-11(13)17/h2*2-6H,7H2,1H3,(H,19,20). The summed E-state index contributed by atoms with van der Waals surface area (Å²) >= 11 is 23.8. The van der Waals surface area contributed by atoms with Gasteiger partial charge in [-0.3, -0.25) is 29.2 Å². The SMILES string of the molecule is Cc1cnc(CONC(=O)c2c(Cl)cccc2Cl)c(Cl)c1.Cc1cnc(CONC(=O)c2c(F)cccc2F)c(Cl)c1. The molecule has 14 heteroatoms. The Labute approximate surface area is 259 Å². The van der Waals surface area contributed by atoms with Crippen molar-refractivity contribution in [2.24, 2.45) is 0 Å². The zero-order valence-corrected chi connectivity index (χ0v) is 25.0. The Morgan fingerprint density at radius 1 is 0.690 bits per heavy atom. The fourth-order valence-corrected chi connectivity index (χ4v) is 4.33. The van der Waals surface area contributed by atoms with Gasteiger partial charge in [-0.1, -0.05) is 58.5 Å². The van der Waals surface area contributed by atoms with E-state index in [-0.39, 0.29) is 28.8 Å². The maximum absolute atomic E-state index is 13.4. The van der Waals surface area contributed by atoms with Gasteiger partial charge in [-0.05, 0) is 61.4 Å². The molecule has 0 fully saturated rings. The summed E-state index contributed by atoms with van der Waals surface area (Å²) in [6, 6.07) is 11.4. The predicted molar refractivity (Wildman–Crippen MR) is 155 cm³/mol. The molecule has 2 aromatic heterocycles. The van der Waals surface area contributed by atoms with Crippen molar-refractivity contribution in [1.82, 2.24) is 20.9 Å². The molecule has 0 radical (unpaired) electrons. The molecule has 4 rings (SSSR count). The van der Waals surface area contributed by atoms with Gasteiger partial charge in [-0.15, -0.1) is 0 Å². The van der Waals surface area contributed by atoms with Crippen LogP contribution in [0.25, 0.3) is 0 Å². The van der Waals surface area contributed by atoms with Crippen molar-refractivity contribution in [3.63, 3.8) is 0 Å². The van der Waals surface area contributed by atoms with Crippen LogP contribution in [0.1, 0.15) is 43.2 Å². The summed E-state index contributed by atoms with van der Waals surface area (Å²) < 4.78 is 26.7. The van der Waals surface area contributed by atoms with Crippen LogP contribution in [0.4, 0.5) is 8.78 Å². The minimum Gasteiger partial charge on any atom is -0.267 e. The molecule has 0 atom stereocenters. The molecule has 42 heavy (non-hydrogen) atoms. The number of benzene rings is 2. The molecule has 0 bridgehead atoms. The zero-order valence-electron chi connectivity index (χ0n) is 22.0. The van der Waals surface area contributed by atoms with E-state index in [4.69, 9.17) is 56.1 Å². The average Bonchev–Trinajstić information content (AvgIpc) is 2.91. The van der Waals surface area contributed by atoms with Crippen molar-refractivity contribution in [1.29, 1.82) is 0 Å². The van der Waals surface area contributed by atoms with E-state index in [2.05, 4.69) is 15.4 Å². The second-order valence-corrected chi connectivity index (χ2v) is 10.1. The Morgan fingerprint density at radius 2 is 1.10 bits per heavy atom. The Bertz CT molecular complexity index is 1440. The summed E-state index contributed by atoms with van der Waals surface area (Å²) in [7, 11) is 0. The van der Waals surface area contributed by atoms with E-state index in [1.54, 1.807) is 42.7 Å². The van der Waals surface area contributed by atoms with E-state index in [0.717, 1.165) is 29.3 Å². The lowest BCUT2D eigenvalue weighted by atomic mass is 10.2. The molecule has 4 aromatic rings. The summed E-state index contributed by atoms with van der Waals surface area (Å²) in [6.45, 7) is 3.62. The van der Waals surface area contributed by atoms with Crippen LogP contribution in [0.3, 0.4) is 0 Å². The third kappa shape index (κ3) is 9.32. The molecule has 0 unspecified atom stereocenters. The lowest BCUT2D eigenvalue weighted by molar-refractivity contribution is 0.0215. The van der Waals surface area contributed by atoms with Crippen molar-refractivity contribution >= 4 is 58.2 Å². The number of aromatic nitrogens is 2. The molecule has 0 saturated heterocycles. The monoisotopic (exact) mass is 656 g/mol. The van der Waals surface area contributed by atoms with Crippen molar-refractivity contribution in [2.75, 3.05) is 0 Å². The number of aryl methyl sites for hydroxylation is 2. The van der Waals surface area contributed by atoms with E-state index in [0.29, 0.717) is 21.4 Å². The molecule has 2 aromatic carbocycles. The predicted octanol–water partition coefficient (Wildman–Crippen LogP) is 7.40. The van der Waals surface area contributed by atoms with Gasteiger partial charge in [0.1, 0.15) is 30.4 Å². The van der Waals surface area contributed by atoms with Crippen molar-refractivity contribution in [3.8, 4) is 0 Å². The molecule has 8 nitrogen and oxygen atoms in total. The van der Waals surface area contributed by atoms with Crippen LogP contribution in [0.15, 0.2) is 60.9 Å². The zero-order chi connectivity index (χ0) is 30.8. The molecular formula is C28H22Cl4F2N4O4. The number of carbonyl (C=O) groups is 2. The van der Waals surface area contributed by atoms with Gasteiger partial charge in [0.15, 0.2) is 0 Å². The number of nitrogens with one attached hydrogen (secondary N) is 2. The van der Waals surface area contributed by atoms with Crippen LogP contribution in [-0.2, 0) is 22.9 Å². The first-order valence-corrected chi connectivity index (χ1v) is 13.4. The van der Waals surface area contributed by atoms with Gasteiger partial charge in [-0.2, -0.15) is 0 Å². The number of hydroxylamine groups is 2. The maximum atomic E-state index is 13.4. The fraction of sp³-hybridized carbons (Fsp3) is 0.143. The van der Waals surface area contributed by atoms with Gasteiger partial charge in [0.2, 0.25) is 0 Å². The van der Waals surface area contributed by atoms with Crippen molar-refractivity contribution < 1.29 is 28.0 Å². The van der Waals surface area contributed by atoms with Crippen molar-refractivity contribution in [2.45, 2.75) is 27.1 Å². The van der Waals surface area contributed by atoms with Crippen molar-refractivity contribution in [3.05, 3.63) is 126 Å². The van der Waals surface area contributed by atoms with Crippen LogP contribution in [0.5, 0.6) is 0 Å². The number of amides is 2. The Morgan fingerprint density at radius 3 is 1.52 bits per heavy atom. The first-order valence-electron chi connectivity index (χ1n) is 11.9. The lowest BCUT2D eigenvalue weighted by Crippen LogP contribution is -2.26. The number of rotatable bonds is 8. The normalized spacial score (nSPS) is 10.5. The fourth-order valence-electron chi connectivity index (χ4n) is 3.21. The summed E-state index contributed by atoms with van der Waals surface area (Å²) in [5.74, 6) is -3.49. The number of hydrogen-bond acceptors (Lipinski definition) is 6. The topological polar surface area (TPSA) is 102 Å². The molecule has 0 aliphatic rings. The highest BCUT2D eigenvalue weighted by Gasteiger charge is 2.17. The van der Waals surface area contributed by atoms with E-state index in [1.807, 2.05) is 19.3 Å². The first kappa shape index (κ1) is 33.1. The first-order chi connectivity index (χ1) is 20.0. The third-order valence-electron chi connectivity index (χ3n) is 5.24. The smallest absolute Gasteiger partial charge is 0.267 e. The molecule has 2 N–H and O–H groups in total. The van der Waals surface area contributed by atoms with E-state index in [9.17, 15) is 18.4 Å². The Balaban J connectivity index is 0.000000230. The number of nitrogens with zero attached hydrogens (tertiary/aromatic N) is 2. The van der Waals surface area contributed by atoms with Crippen LogP contribution in [-0.4, -0.2) is 21.8 Å². The maximum Gasteiger partial charge on any atom is 0.280 e. The van der Waals surface area contributed by atoms with Gasteiger partial charge >= 0.3 is 0 Å². The second kappa shape index (κ2) is 15.7. The van der Waals surface area contributed by atoms with Gasteiger partial charge < -0.3 is 0 Å². The molecular weight excluding hydrogens is 636 g/mol. The molecule has 2 heterocycles. The quantitative estimate of drug-likeness (QED) is 0.192. The minimum absolute atomic E-state index is 0.0346. The summed E-state index contributed by atoms with van der Waals surface area (Å²) in [4.78, 5) is 41.7. The Kier molecular flexibility index (Phi) is 12.4. The summed E-state index contributed by atoms with van der Waals surface area (Å²) in [5, 5.41) is 1.34. The molecule has 2 amide bonds. The van der Waals surface area contributed by atoms with Gasteiger partial charge in [0.25, 0.3) is 11.8 Å². The van der Waals surface area contributed by atoms with Crippen LogP contribution >= 0.6 is 46.4 Å². The molecule has 220 valence electrons. The number of carbonyl (C=O) groups excluding carboxylic acids is 2. The average molecular weight is 658 g/mol. The number of hydrogen-bond donors (Lipinski definition) is 2. The van der Waals surface area contributed by atoms with Crippen LogP contribution in [0, 0.1) is 25.5 Å². The van der Waals surface area contributed by atoms with E-state index in [1.165, 1.54) is 0 Å². The van der Waals surface area contributed by atoms with Crippen LogP contribution < -0.4 is 11.0 Å². The Hall–Kier alpha value is -3.38. The largest absolute Gasteiger partial charge is 0.280 e. The number of pyridine rings is 2. The summed E-state index contributed by atoms with van der Waals surface area (Å²) in [6.07, 6.45) is 3.25. The minimum atomic E-state index is -1.02. The summed E-state index contributed by atoms with van der Waals surface area (Å²) in [5.41, 5.74) is 6.40. The van der Waals surface area contributed by atoms with Gasteiger partial charge in [0.05, 0.1) is 37.0 Å². The third-order valence-corrected chi connectivity index (χ3v) is 6.52. The molecule has 0 saturated carbocycles. The molecule has 0 spiro atoms. The van der Waals surface area contributed by atoms with Gasteiger partial charge in [0, 0.05) is 12.4 Å². The van der Waals surface area contributed by atoms with Crippen LogP contribution in [0.2, 0.25) is 20.1 Å².